The van der Waals surface area contributed by atoms with Crippen LogP contribution in [0.1, 0.15) is 11.1 Å². The first-order valence-electron chi connectivity index (χ1n) is 13.1. The Morgan fingerprint density at radius 2 is 1.15 bits per heavy atom. The van der Waals surface area contributed by atoms with E-state index in [4.69, 9.17) is 4.42 Å². The van der Waals surface area contributed by atoms with Crippen molar-refractivity contribution >= 4 is 56.4 Å². The molecule has 0 atom stereocenters. The van der Waals surface area contributed by atoms with Crippen molar-refractivity contribution in [1.82, 2.24) is 4.98 Å². The predicted molar refractivity (Wildman–Crippen MR) is 165 cm³/mol. The quantitative estimate of drug-likeness (QED) is 0.217. The lowest BCUT2D eigenvalue weighted by molar-refractivity contribution is 0.475. The Hall–Kier alpha value is -5.75. The van der Waals surface area contributed by atoms with Crippen LogP contribution in [0.2, 0.25) is 0 Å². The number of hydrogen-bond donors (Lipinski definition) is 2. The van der Waals surface area contributed by atoms with Crippen LogP contribution in [-0.4, -0.2) is 27.6 Å². The Morgan fingerprint density at radius 1 is 0.585 bits per heavy atom. The summed E-state index contributed by atoms with van der Waals surface area (Å²) in [5.74, 6) is 0.863. The third-order valence-corrected chi connectivity index (χ3v) is 7.07. The highest BCUT2D eigenvalue weighted by molar-refractivity contribution is 6.04. The van der Waals surface area contributed by atoms with Gasteiger partial charge in [0, 0.05) is 29.1 Å². The van der Waals surface area contributed by atoms with Crippen LogP contribution in [0, 0.1) is 0 Å². The van der Waals surface area contributed by atoms with E-state index in [1.54, 1.807) is 24.6 Å². The lowest BCUT2D eigenvalue weighted by atomic mass is 10.0. The van der Waals surface area contributed by atoms with Gasteiger partial charge in [-0.1, -0.05) is 60.7 Å². The molecule has 0 aliphatic rings. The molecule has 0 radical (unpaired) electrons. The summed E-state index contributed by atoms with van der Waals surface area (Å²) in [6.45, 7) is 0. The molecule has 0 bridgehead atoms. The van der Waals surface area contributed by atoms with E-state index in [9.17, 15) is 10.2 Å². The largest absolute Gasteiger partial charge is 0.507 e. The lowest BCUT2D eigenvalue weighted by Crippen LogP contribution is -1.86. The van der Waals surface area contributed by atoms with E-state index in [2.05, 4.69) is 15.0 Å². The number of fused-ring (bicyclic) bond motifs is 3. The van der Waals surface area contributed by atoms with Gasteiger partial charge in [0.15, 0.2) is 5.58 Å². The molecule has 0 spiro atoms. The molecule has 6 heteroatoms. The zero-order valence-corrected chi connectivity index (χ0v) is 21.8. The summed E-state index contributed by atoms with van der Waals surface area (Å²) in [6.07, 6.45) is 3.36. The number of hydrogen-bond acceptors (Lipinski definition) is 6. The summed E-state index contributed by atoms with van der Waals surface area (Å²) in [7, 11) is 0. The van der Waals surface area contributed by atoms with Crippen molar-refractivity contribution in [1.29, 1.82) is 0 Å². The second-order valence-electron chi connectivity index (χ2n) is 9.67. The molecule has 6 nitrogen and oxygen atoms in total. The van der Waals surface area contributed by atoms with Gasteiger partial charge in [0.1, 0.15) is 17.0 Å². The molecule has 0 saturated carbocycles. The molecule has 0 saturated heterocycles. The van der Waals surface area contributed by atoms with Gasteiger partial charge in [-0.15, -0.1) is 0 Å². The Bertz CT molecular complexity index is 2130. The number of benzene rings is 6. The van der Waals surface area contributed by atoms with Crippen LogP contribution < -0.4 is 0 Å². The molecule has 196 valence electrons. The Labute approximate surface area is 235 Å². The van der Waals surface area contributed by atoms with E-state index in [1.165, 1.54) is 0 Å². The van der Waals surface area contributed by atoms with Crippen LogP contribution in [0.3, 0.4) is 0 Å². The maximum absolute atomic E-state index is 10.4. The van der Waals surface area contributed by atoms with E-state index in [0.717, 1.165) is 32.8 Å². The molecular formula is C35H23N3O3. The van der Waals surface area contributed by atoms with E-state index in [-0.39, 0.29) is 11.5 Å². The normalized spacial score (nSPS) is 11.9. The number of aromatic nitrogens is 1. The van der Waals surface area contributed by atoms with Crippen LogP contribution >= 0.6 is 0 Å². The maximum atomic E-state index is 10.4. The Balaban J connectivity index is 1.14. The molecular weight excluding hydrogens is 510 g/mol. The zero-order valence-electron chi connectivity index (χ0n) is 21.8. The molecule has 1 heterocycles. The second-order valence-corrected chi connectivity index (χ2v) is 9.67. The topological polar surface area (TPSA) is 91.2 Å². The zero-order chi connectivity index (χ0) is 27.8. The van der Waals surface area contributed by atoms with Crippen LogP contribution in [-0.2, 0) is 0 Å². The molecule has 2 N–H and O–H groups in total. The molecule has 7 aromatic rings. The average Bonchev–Trinajstić information content (AvgIpc) is 3.44. The SMILES string of the molecule is Oc1ccc2ccccc2c1C=Nc1ccc(-c2nc3cc(N=Cc4c(O)ccc5ccccc45)ccc3o2)cc1. The van der Waals surface area contributed by atoms with Crippen molar-refractivity contribution in [2.75, 3.05) is 0 Å². The number of aliphatic imine (C=N–C) groups is 2. The van der Waals surface area contributed by atoms with Gasteiger partial charge in [0.2, 0.25) is 5.89 Å². The molecule has 0 aliphatic heterocycles. The summed E-state index contributed by atoms with van der Waals surface area (Å²) in [6, 6.07) is 36.1. The number of aromatic hydroxyl groups is 2. The fourth-order valence-electron chi connectivity index (χ4n) is 4.93. The molecule has 7 rings (SSSR count). The van der Waals surface area contributed by atoms with E-state index in [0.29, 0.717) is 33.8 Å². The highest BCUT2D eigenvalue weighted by atomic mass is 16.3. The van der Waals surface area contributed by atoms with E-state index < -0.39 is 0 Å². The molecule has 6 aromatic carbocycles. The first-order chi connectivity index (χ1) is 20.1. The summed E-state index contributed by atoms with van der Waals surface area (Å²) in [4.78, 5) is 13.9. The molecule has 0 fully saturated rings. The second kappa shape index (κ2) is 10.1. The first kappa shape index (κ1) is 24.3. The fraction of sp³-hybridized carbons (Fsp3) is 0. The summed E-state index contributed by atoms with van der Waals surface area (Å²) in [5.41, 5.74) is 4.95. The third kappa shape index (κ3) is 4.68. The molecule has 0 amide bonds. The first-order valence-corrected chi connectivity index (χ1v) is 13.1. The van der Waals surface area contributed by atoms with Crippen molar-refractivity contribution < 1.29 is 14.6 Å². The third-order valence-electron chi connectivity index (χ3n) is 7.07. The fourth-order valence-corrected chi connectivity index (χ4v) is 4.93. The minimum atomic E-state index is 0.180. The van der Waals surface area contributed by atoms with Crippen LogP contribution in [0.4, 0.5) is 11.4 Å². The molecule has 0 aliphatic carbocycles. The van der Waals surface area contributed by atoms with Gasteiger partial charge in [-0.25, -0.2) is 4.98 Å². The summed E-state index contributed by atoms with van der Waals surface area (Å²) in [5, 5.41) is 24.7. The van der Waals surface area contributed by atoms with Gasteiger partial charge in [-0.05, 0) is 76.1 Å². The highest BCUT2D eigenvalue weighted by Crippen LogP contribution is 2.31. The summed E-state index contributed by atoms with van der Waals surface area (Å²) >= 11 is 0. The number of phenolic OH excluding ortho intramolecular Hbond substituents is 2. The van der Waals surface area contributed by atoms with Gasteiger partial charge in [-0.3, -0.25) is 9.98 Å². The van der Waals surface area contributed by atoms with Crippen molar-refractivity contribution in [3.05, 3.63) is 126 Å². The Morgan fingerprint density at radius 3 is 1.78 bits per heavy atom. The van der Waals surface area contributed by atoms with Crippen LogP contribution in [0.25, 0.3) is 44.1 Å². The average molecular weight is 534 g/mol. The number of nitrogens with zero attached hydrogens (tertiary/aromatic N) is 3. The van der Waals surface area contributed by atoms with E-state index in [1.807, 2.05) is 103 Å². The van der Waals surface area contributed by atoms with E-state index >= 15 is 0 Å². The summed E-state index contributed by atoms with van der Waals surface area (Å²) < 4.78 is 6.01. The van der Waals surface area contributed by atoms with Crippen molar-refractivity contribution in [3.8, 4) is 23.0 Å². The van der Waals surface area contributed by atoms with Gasteiger partial charge in [0.05, 0.1) is 11.4 Å². The molecule has 0 unspecified atom stereocenters. The minimum absolute atomic E-state index is 0.180. The van der Waals surface area contributed by atoms with Gasteiger partial charge < -0.3 is 14.6 Å². The molecule has 1 aromatic heterocycles. The standard InChI is InChI=1S/C35H23N3O3/c39-32-16-11-22-5-1-3-7-27(22)29(32)20-36-25-13-9-24(10-14-25)35-38-31-19-26(15-18-34(31)41-35)37-21-30-28-8-4-2-6-23(28)12-17-33(30)40/h1-21,39-40H. The van der Waals surface area contributed by atoms with Gasteiger partial charge >= 0.3 is 0 Å². The van der Waals surface area contributed by atoms with Crippen LogP contribution in [0.15, 0.2) is 130 Å². The maximum Gasteiger partial charge on any atom is 0.227 e. The minimum Gasteiger partial charge on any atom is -0.507 e. The lowest BCUT2D eigenvalue weighted by Gasteiger charge is -2.04. The predicted octanol–water partition coefficient (Wildman–Crippen LogP) is 8.71. The monoisotopic (exact) mass is 533 g/mol. The molecule has 41 heavy (non-hydrogen) atoms. The number of oxazole rings is 1. The van der Waals surface area contributed by atoms with Crippen molar-refractivity contribution in [2.24, 2.45) is 9.98 Å². The van der Waals surface area contributed by atoms with Crippen molar-refractivity contribution in [2.45, 2.75) is 0 Å². The van der Waals surface area contributed by atoms with Crippen molar-refractivity contribution in [3.63, 3.8) is 0 Å². The highest BCUT2D eigenvalue weighted by Gasteiger charge is 2.10. The smallest absolute Gasteiger partial charge is 0.227 e. The van der Waals surface area contributed by atoms with Gasteiger partial charge in [-0.2, -0.15) is 0 Å². The van der Waals surface area contributed by atoms with Crippen LogP contribution in [0.5, 0.6) is 11.5 Å². The number of phenols is 2. The number of rotatable bonds is 5. The van der Waals surface area contributed by atoms with Gasteiger partial charge in [0.25, 0.3) is 0 Å². The Kier molecular flexibility index (Phi) is 5.98.